The minimum absolute atomic E-state index is 0.0476. The van der Waals surface area contributed by atoms with Crippen molar-refractivity contribution in [2.75, 3.05) is 6.61 Å². The van der Waals surface area contributed by atoms with E-state index >= 15 is 0 Å². The quantitative estimate of drug-likeness (QED) is 0.278. The zero-order valence-corrected chi connectivity index (χ0v) is 28.4. The van der Waals surface area contributed by atoms with Gasteiger partial charge in [0.1, 0.15) is 17.6 Å². The maximum atomic E-state index is 14.0. The Kier molecular flexibility index (Phi) is 10.1. The molecule has 2 aliphatic carbocycles. The van der Waals surface area contributed by atoms with Gasteiger partial charge in [-0.3, -0.25) is 9.59 Å². The smallest absolute Gasteiger partial charge is 0.316 e. The predicted octanol–water partition coefficient (Wildman–Crippen LogP) is 6.46. The van der Waals surface area contributed by atoms with Gasteiger partial charge in [-0.2, -0.15) is 0 Å². The van der Waals surface area contributed by atoms with E-state index in [9.17, 15) is 14.7 Å². The average Bonchev–Trinajstić information content (AvgIpc) is 3.38. The van der Waals surface area contributed by atoms with Crippen LogP contribution >= 0.6 is 0 Å². The fourth-order valence-electron chi connectivity index (χ4n) is 8.66. The Hall–Kier alpha value is -2.10. The third kappa shape index (κ3) is 6.62. The summed E-state index contributed by atoms with van der Waals surface area (Å²) >= 11 is 0. The summed E-state index contributed by atoms with van der Waals surface area (Å²) in [5, 5.41) is 12.2. The molecule has 4 aliphatic heterocycles. The molecule has 8 nitrogen and oxygen atoms in total. The monoisotopic (exact) mass is 638 g/mol. The van der Waals surface area contributed by atoms with Crippen molar-refractivity contribution in [2.24, 2.45) is 17.8 Å². The summed E-state index contributed by atoms with van der Waals surface area (Å²) in [5.74, 6) is -2.29. The number of hydrogen-bond acceptors (Lipinski definition) is 8. The molecule has 1 spiro atoms. The number of esters is 1. The number of aliphatic hydroxyl groups is 1. The van der Waals surface area contributed by atoms with E-state index in [1.165, 1.54) is 19.3 Å². The number of Topliss-reactive ketones (excluding diaryl/α,β-unsaturated/α-hetero) is 1. The Morgan fingerprint density at radius 3 is 2.59 bits per heavy atom. The molecule has 4 heterocycles. The molecule has 46 heavy (non-hydrogen) atoms. The second-order valence-corrected chi connectivity index (χ2v) is 14.9. The largest absolute Gasteiger partial charge is 0.462 e. The van der Waals surface area contributed by atoms with E-state index in [0.29, 0.717) is 36.3 Å². The number of hydrogen-bond donors (Lipinski definition) is 1. The third-order valence-corrected chi connectivity index (χ3v) is 11.4. The Morgan fingerprint density at radius 2 is 1.83 bits per heavy atom. The minimum Gasteiger partial charge on any atom is -0.462 e. The van der Waals surface area contributed by atoms with E-state index in [0.717, 1.165) is 37.7 Å². The molecule has 10 atom stereocenters. The van der Waals surface area contributed by atoms with Crippen molar-refractivity contribution in [1.29, 1.82) is 0 Å². The number of fused-ring (bicyclic) bond motifs is 2. The highest BCUT2D eigenvalue weighted by molar-refractivity contribution is 6.03. The van der Waals surface area contributed by atoms with Gasteiger partial charge in [0, 0.05) is 25.2 Å². The zero-order chi connectivity index (χ0) is 32.6. The number of carbonyl (C=O) groups is 2. The van der Waals surface area contributed by atoms with Gasteiger partial charge in [0.05, 0.1) is 31.0 Å². The summed E-state index contributed by atoms with van der Waals surface area (Å²) < 4.78 is 32.5. The van der Waals surface area contributed by atoms with E-state index in [4.69, 9.17) is 23.7 Å². The lowest BCUT2D eigenvalue weighted by molar-refractivity contribution is -0.335. The van der Waals surface area contributed by atoms with Crippen LogP contribution < -0.4 is 0 Å². The van der Waals surface area contributed by atoms with Crippen LogP contribution in [0.4, 0.5) is 0 Å². The SMILES string of the molecule is CC[C@H]1O[C@]2(CC[C@@H]1C)C[C@@H]1C[C@@H](C/C=C(\C)[C@H](OC3CCCCC3)[C@@H](C)/C=C/C=C3\CO[C@@H]4C(=O)C(C)=C[C@@H](C(=O)O1)[C@]34O)O2. The van der Waals surface area contributed by atoms with Gasteiger partial charge in [-0.1, -0.05) is 70.4 Å². The van der Waals surface area contributed by atoms with Gasteiger partial charge in [-0.25, -0.2) is 0 Å². The highest BCUT2D eigenvalue weighted by Crippen LogP contribution is 2.46. The van der Waals surface area contributed by atoms with Crippen molar-refractivity contribution in [3.05, 3.63) is 47.1 Å². The zero-order valence-electron chi connectivity index (χ0n) is 28.4. The van der Waals surface area contributed by atoms with Crippen molar-refractivity contribution < 1.29 is 38.4 Å². The van der Waals surface area contributed by atoms with Crippen LogP contribution in [0.15, 0.2) is 47.1 Å². The molecule has 0 aromatic heterocycles. The highest BCUT2D eigenvalue weighted by atomic mass is 16.7. The van der Waals surface area contributed by atoms with Crippen molar-refractivity contribution in [3.63, 3.8) is 0 Å². The van der Waals surface area contributed by atoms with Gasteiger partial charge >= 0.3 is 5.97 Å². The molecule has 2 bridgehead atoms. The molecule has 8 heteroatoms. The lowest BCUT2D eigenvalue weighted by Gasteiger charge is -2.49. The average molecular weight is 639 g/mol. The number of allylic oxidation sites excluding steroid dienone is 2. The predicted molar refractivity (Wildman–Crippen MR) is 174 cm³/mol. The Balaban J connectivity index is 1.38. The van der Waals surface area contributed by atoms with Crippen LogP contribution in [0, 0.1) is 17.8 Å². The van der Waals surface area contributed by atoms with Gasteiger partial charge < -0.3 is 28.8 Å². The van der Waals surface area contributed by atoms with Crippen LogP contribution in [0.2, 0.25) is 0 Å². The van der Waals surface area contributed by atoms with Crippen LogP contribution in [0.5, 0.6) is 0 Å². The lowest BCUT2D eigenvalue weighted by atomic mass is 9.71. The van der Waals surface area contributed by atoms with Crippen LogP contribution in [-0.2, 0) is 33.3 Å². The number of ether oxygens (including phenoxy) is 5. The molecular formula is C38H54O8. The molecule has 254 valence electrons. The van der Waals surface area contributed by atoms with Gasteiger partial charge in [-0.15, -0.1) is 0 Å². The number of carbonyl (C=O) groups excluding carboxylic acids is 2. The van der Waals surface area contributed by atoms with Gasteiger partial charge in [0.15, 0.2) is 17.7 Å². The molecule has 0 radical (unpaired) electrons. The van der Waals surface area contributed by atoms with E-state index in [-0.39, 0.29) is 42.7 Å². The van der Waals surface area contributed by atoms with E-state index < -0.39 is 35.5 Å². The molecule has 6 aliphatic rings. The van der Waals surface area contributed by atoms with E-state index in [1.807, 2.05) is 12.2 Å². The first-order valence-electron chi connectivity index (χ1n) is 17.9. The standard InChI is InChI=1S/C38H54O8/c1-6-32-23(2)17-18-37(46-32)21-30-20-29(45-37)16-15-25(4)34(43-28-13-8-7-9-14-28)24(3)11-10-12-27-22-42-35-33(39)26(5)19-31(36(40)44-30)38(27,35)41/h10-12,15,19,23-24,28-32,34-35,41H,6-9,13-14,16-18,20-22H2,1-5H3/b11-10+,25-15+,27-12+/t23-,24-,29+,30-,31-,32+,34+,35+,37+,38+/m0/s1. The van der Waals surface area contributed by atoms with Crippen molar-refractivity contribution in [1.82, 2.24) is 0 Å². The summed E-state index contributed by atoms with van der Waals surface area (Å²) in [6.45, 7) is 10.4. The maximum absolute atomic E-state index is 14.0. The molecule has 1 saturated carbocycles. The van der Waals surface area contributed by atoms with Crippen LogP contribution in [0.1, 0.15) is 105 Å². The summed E-state index contributed by atoms with van der Waals surface area (Å²) in [6, 6.07) is 0. The van der Waals surface area contributed by atoms with Gasteiger partial charge in [0.25, 0.3) is 0 Å². The van der Waals surface area contributed by atoms with Crippen LogP contribution in [0.3, 0.4) is 0 Å². The molecule has 4 fully saturated rings. The molecule has 0 aromatic rings. The Bertz CT molecular complexity index is 1280. The van der Waals surface area contributed by atoms with Crippen LogP contribution in [0.25, 0.3) is 0 Å². The van der Waals surface area contributed by atoms with Crippen molar-refractivity contribution in [3.8, 4) is 0 Å². The molecule has 0 aromatic carbocycles. The van der Waals surface area contributed by atoms with Gasteiger partial charge in [0.2, 0.25) is 0 Å². The third-order valence-electron chi connectivity index (χ3n) is 11.4. The molecule has 0 amide bonds. The van der Waals surface area contributed by atoms with Crippen molar-refractivity contribution in [2.45, 2.75) is 153 Å². The maximum Gasteiger partial charge on any atom is 0.316 e. The molecule has 6 rings (SSSR count). The summed E-state index contributed by atoms with van der Waals surface area (Å²) in [7, 11) is 0. The Labute approximate surface area is 274 Å². The normalized spacial score (nSPS) is 45.6. The van der Waals surface area contributed by atoms with Crippen LogP contribution in [-0.4, -0.2) is 71.5 Å². The fourth-order valence-corrected chi connectivity index (χ4v) is 8.66. The first-order chi connectivity index (χ1) is 22.0. The summed E-state index contributed by atoms with van der Waals surface area (Å²) in [5.41, 5.74) is 0.237. The highest BCUT2D eigenvalue weighted by Gasteiger charge is 2.60. The summed E-state index contributed by atoms with van der Waals surface area (Å²) in [4.78, 5) is 27.2. The number of rotatable bonds is 3. The van der Waals surface area contributed by atoms with E-state index in [1.54, 1.807) is 13.0 Å². The second kappa shape index (κ2) is 13.8. The second-order valence-electron chi connectivity index (χ2n) is 14.9. The minimum atomic E-state index is -1.82. The number of ketones is 1. The van der Waals surface area contributed by atoms with Gasteiger partial charge in [-0.05, 0) is 68.6 Å². The molecule has 1 N–H and O–H groups in total. The van der Waals surface area contributed by atoms with E-state index in [2.05, 4.69) is 39.8 Å². The lowest BCUT2D eigenvalue weighted by Crippen LogP contribution is -2.57. The Morgan fingerprint density at radius 1 is 1.04 bits per heavy atom. The first-order valence-corrected chi connectivity index (χ1v) is 17.9. The summed E-state index contributed by atoms with van der Waals surface area (Å²) in [6.07, 6.45) is 18.0. The topological polar surface area (TPSA) is 101 Å². The van der Waals surface area contributed by atoms with Crippen molar-refractivity contribution >= 4 is 11.8 Å². The first kappa shape index (κ1) is 33.8. The fraction of sp³-hybridized carbons (Fsp3) is 0.737. The molecule has 3 saturated heterocycles. The molecule has 0 unspecified atom stereocenters. The molecular weight excluding hydrogens is 584 g/mol.